The molecule has 0 bridgehead atoms. The van der Waals surface area contributed by atoms with Crippen molar-refractivity contribution < 1.29 is 9.60 Å². The molecule has 46 heavy (non-hydrogen) atoms. The highest BCUT2D eigenvalue weighted by atomic mass is 14.2. The van der Waals surface area contributed by atoms with Crippen LogP contribution in [0.1, 0.15) is 9.60 Å². The van der Waals surface area contributed by atoms with Crippen molar-refractivity contribution in [1.29, 1.82) is 0 Å². The Kier molecular flexibility index (Phi) is 4.76. The summed E-state index contributed by atoms with van der Waals surface area (Å²) in [6.45, 7) is 0. The van der Waals surface area contributed by atoms with Crippen LogP contribution >= 0.6 is 0 Å². The van der Waals surface area contributed by atoms with E-state index in [0.717, 1.165) is 32.7 Å². The van der Waals surface area contributed by atoms with Crippen molar-refractivity contribution in [2.24, 2.45) is 0 Å². The molecule has 0 amide bonds. The number of fused-ring (bicyclic) bond motifs is 4. The molecule has 0 atom stereocenters. The van der Waals surface area contributed by atoms with Gasteiger partial charge in [0.05, 0.1) is 9.60 Å². The largest absolute Gasteiger partial charge is 0.0636 e. The molecule has 0 nitrogen and oxygen atoms in total. The maximum atomic E-state index is 9.90. The third-order valence-electron chi connectivity index (χ3n) is 8.83. The van der Waals surface area contributed by atoms with Crippen molar-refractivity contribution in [3.05, 3.63) is 182 Å². The second kappa shape index (κ2) is 10.9. The van der Waals surface area contributed by atoms with Gasteiger partial charge in [0.2, 0.25) is 0 Å². The lowest BCUT2D eigenvalue weighted by molar-refractivity contribution is 1.62. The highest BCUT2D eigenvalue weighted by Crippen LogP contribution is 2.45. The van der Waals surface area contributed by atoms with E-state index >= 15 is 0 Å². The zero-order valence-electron chi connectivity index (χ0n) is 31.8. The van der Waals surface area contributed by atoms with Crippen LogP contribution in [0.2, 0.25) is 0 Å². The molecule has 0 saturated heterocycles. The second-order valence-corrected chi connectivity index (χ2v) is 11.6. The third-order valence-corrected chi connectivity index (χ3v) is 8.83. The molecule has 0 heteroatoms. The molecule has 9 rings (SSSR count). The summed E-state index contributed by atoms with van der Waals surface area (Å²) in [4.78, 5) is 0. The van der Waals surface area contributed by atoms with Gasteiger partial charge in [-0.3, -0.25) is 0 Å². The first kappa shape index (κ1) is 20.1. The minimum atomic E-state index is -0.385. The first-order chi connectivity index (χ1) is 25.7. The van der Waals surface area contributed by atoms with E-state index < -0.39 is 0 Å². The highest BCUT2D eigenvalue weighted by Gasteiger charge is 2.18. The first-order valence-electron chi connectivity index (χ1n) is 18.9. The van der Waals surface area contributed by atoms with Crippen molar-refractivity contribution >= 4 is 43.1 Å². The number of hydrogen-bond donors (Lipinski definition) is 0. The predicted octanol–water partition coefficient (Wildman–Crippen LogP) is 13.0. The summed E-state index contributed by atoms with van der Waals surface area (Å²) in [5, 5.41) is 5.31. The van der Waals surface area contributed by atoms with E-state index in [0.29, 0.717) is 44.2 Å². The van der Waals surface area contributed by atoms with Crippen molar-refractivity contribution in [2.45, 2.75) is 0 Å². The molecule has 0 aliphatic rings. The Bertz CT molecular complexity index is 2970. The lowest BCUT2D eigenvalue weighted by atomic mass is 9.84. The Morgan fingerprint density at radius 3 is 1.52 bits per heavy atom. The summed E-state index contributed by atoms with van der Waals surface area (Å²) in [5.74, 6) is 0. The van der Waals surface area contributed by atoms with Gasteiger partial charge in [0.1, 0.15) is 0 Å². The van der Waals surface area contributed by atoms with Crippen LogP contribution < -0.4 is 0 Å². The fourth-order valence-electron chi connectivity index (χ4n) is 6.61. The minimum absolute atomic E-state index is 0.0228. The Morgan fingerprint density at radius 2 is 0.804 bits per heavy atom. The van der Waals surface area contributed by atoms with Crippen molar-refractivity contribution in [1.82, 2.24) is 0 Å². The molecule has 0 aliphatic carbocycles. The monoisotopic (exact) mass is 589 g/mol. The summed E-state index contributed by atoms with van der Waals surface area (Å²) in [6.07, 6.45) is 0. The Morgan fingerprint density at radius 1 is 0.304 bits per heavy atom. The van der Waals surface area contributed by atoms with Gasteiger partial charge in [0.15, 0.2) is 0 Å². The second-order valence-electron chi connectivity index (χ2n) is 11.6. The minimum Gasteiger partial charge on any atom is -0.0622 e. The maximum Gasteiger partial charge on any atom is 0.0636 e. The molecule has 9 aromatic rings. The molecule has 0 aliphatic heterocycles. The van der Waals surface area contributed by atoms with Crippen LogP contribution in [0.5, 0.6) is 0 Å². The van der Waals surface area contributed by atoms with Gasteiger partial charge in [-0.25, -0.2) is 0 Å². The SMILES string of the molecule is [2H]c1c([2H])c([2H])c2c(-c3cccc(-c4ccc5ccccc5c4)c3)c3c([2H])c(-c4ccccc4)c([2H])c([2H])c3c(-c3ccc4ccccc4c3)c2c1[2H]. The van der Waals surface area contributed by atoms with Gasteiger partial charge in [0, 0.05) is 0 Å². The Balaban J connectivity index is 1.50. The molecule has 9 aromatic carbocycles. The lowest BCUT2D eigenvalue weighted by Gasteiger charge is -2.19. The lowest BCUT2D eigenvalue weighted by Crippen LogP contribution is -1.92. The summed E-state index contributed by atoms with van der Waals surface area (Å²) < 4.78 is 65.4. The zero-order valence-corrected chi connectivity index (χ0v) is 24.8. The quantitative estimate of drug-likeness (QED) is 0.179. The zero-order chi connectivity index (χ0) is 36.5. The number of benzene rings is 9. The van der Waals surface area contributed by atoms with Crippen LogP contribution in [0.3, 0.4) is 0 Å². The maximum absolute atomic E-state index is 9.90. The molecule has 0 saturated carbocycles. The standard InChI is InChI=1S/C46H30/c1-2-11-31(12-3-1)38-25-26-43-44(30-38)46(39-18-10-17-36(29-39)37-23-21-32-13-4-6-15-34(32)27-37)42-20-9-8-19-41(42)45(43)40-24-22-33-14-5-7-16-35(33)28-40/h1-30H/i8D,9D,19D,20D,25D,26D,30D. The fraction of sp³-hybridized carbons (Fsp3) is 0. The summed E-state index contributed by atoms with van der Waals surface area (Å²) >= 11 is 0. The fourth-order valence-corrected chi connectivity index (χ4v) is 6.61. The molecule has 0 unspecified atom stereocenters. The Labute approximate surface area is 278 Å². The van der Waals surface area contributed by atoms with Crippen LogP contribution in [0.4, 0.5) is 0 Å². The molecular formula is C46H30. The van der Waals surface area contributed by atoms with Crippen molar-refractivity contribution in [3.8, 4) is 44.5 Å². The summed E-state index contributed by atoms with van der Waals surface area (Å²) in [6, 6.07) is 43.7. The van der Waals surface area contributed by atoms with E-state index in [2.05, 4.69) is 30.3 Å². The van der Waals surface area contributed by atoms with E-state index in [-0.39, 0.29) is 53.1 Å². The van der Waals surface area contributed by atoms with Crippen LogP contribution in [0.25, 0.3) is 87.6 Å². The topological polar surface area (TPSA) is 0 Å². The average Bonchev–Trinajstić information content (AvgIpc) is 3.20. The normalized spacial score (nSPS) is 13.6. The highest BCUT2D eigenvalue weighted by molar-refractivity contribution is 6.22. The van der Waals surface area contributed by atoms with Gasteiger partial charge < -0.3 is 0 Å². The van der Waals surface area contributed by atoms with E-state index in [1.165, 1.54) is 0 Å². The molecular weight excluding hydrogens is 553 g/mol. The smallest absolute Gasteiger partial charge is 0.0622 e. The van der Waals surface area contributed by atoms with Crippen LogP contribution in [-0.2, 0) is 0 Å². The molecule has 0 heterocycles. The van der Waals surface area contributed by atoms with Crippen molar-refractivity contribution in [3.63, 3.8) is 0 Å². The molecule has 214 valence electrons. The van der Waals surface area contributed by atoms with Gasteiger partial charge >= 0.3 is 0 Å². The summed E-state index contributed by atoms with van der Waals surface area (Å²) in [7, 11) is 0. The van der Waals surface area contributed by atoms with Crippen LogP contribution in [0.15, 0.2) is 182 Å². The first-order valence-corrected chi connectivity index (χ1v) is 15.4. The molecule has 0 aromatic heterocycles. The van der Waals surface area contributed by atoms with Gasteiger partial charge in [-0.15, -0.1) is 0 Å². The van der Waals surface area contributed by atoms with Crippen LogP contribution in [-0.4, -0.2) is 0 Å². The van der Waals surface area contributed by atoms with E-state index in [4.69, 9.17) is 2.74 Å². The van der Waals surface area contributed by atoms with Crippen LogP contribution in [0, 0.1) is 0 Å². The van der Waals surface area contributed by atoms with E-state index in [1.807, 2.05) is 109 Å². The summed E-state index contributed by atoms with van der Waals surface area (Å²) in [5.41, 5.74) is 4.91. The van der Waals surface area contributed by atoms with Gasteiger partial charge in [0.25, 0.3) is 0 Å². The third kappa shape index (κ3) is 4.47. The number of rotatable bonds is 4. The Hall–Kier alpha value is -5.98. The van der Waals surface area contributed by atoms with E-state index in [9.17, 15) is 6.85 Å². The van der Waals surface area contributed by atoms with E-state index in [1.54, 1.807) is 0 Å². The molecule has 0 radical (unpaired) electrons. The molecule has 0 fully saturated rings. The van der Waals surface area contributed by atoms with Gasteiger partial charge in [-0.1, -0.05) is 158 Å². The van der Waals surface area contributed by atoms with Gasteiger partial charge in [-0.2, -0.15) is 0 Å². The molecule has 0 spiro atoms. The predicted molar refractivity (Wildman–Crippen MR) is 198 cm³/mol. The average molecular weight is 590 g/mol. The van der Waals surface area contributed by atoms with Gasteiger partial charge in [-0.05, 0) is 112 Å². The molecule has 0 N–H and O–H groups in total. The van der Waals surface area contributed by atoms with Crippen molar-refractivity contribution in [2.75, 3.05) is 0 Å². The number of hydrogen-bond acceptors (Lipinski definition) is 0.